The fourth-order valence-corrected chi connectivity index (χ4v) is 2.88. The third-order valence-corrected chi connectivity index (χ3v) is 3.77. The molecule has 0 unspecified atom stereocenters. The van der Waals surface area contributed by atoms with Crippen LogP contribution < -0.4 is 4.74 Å². The molecule has 98 valence electrons. The lowest BCUT2D eigenvalue weighted by atomic mass is 9.88. The molecule has 0 N–H and O–H groups in total. The number of isocyanates is 1. The summed E-state index contributed by atoms with van der Waals surface area (Å²) < 4.78 is 10.5. The molecule has 0 bridgehead atoms. The van der Waals surface area contributed by atoms with Gasteiger partial charge in [-0.15, -0.1) is 0 Å². The number of nitrogens with zero attached hydrogens (tertiary/aromatic N) is 2. The monoisotopic (exact) mass is 258 g/mol. The highest BCUT2D eigenvalue weighted by molar-refractivity contribution is 5.78. The number of oxazole rings is 1. The number of fused-ring (bicyclic) bond motifs is 1. The predicted octanol–water partition coefficient (Wildman–Crippen LogP) is 2.94. The van der Waals surface area contributed by atoms with Gasteiger partial charge in [0.05, 0.1) is 7.11 Å². The number of aliphatic imine (C=N–C) groups is 1. The van der Waals surface area contributed by atoms with Gasteiger partial charge in [-0.2, -0.15) is 9.98 Å². The number of methoxy groups -OCH3 is 1. The van der Waals surface area contributed by atoms with Crippen LogP contribution in [0.1, 0.15) is 31.2 Å². The summed E-state index contributed by atoms with van der Waals surface area (Å²) >= 11 is 0. The number of hydrogen-bond donors (Lipinski definition) is 0. The molecule has 0 aliphatic heterocycles. The van der Waals surface area contributed by atoms with E-state index in [1.54, 1.807) is 6.08 Å². The first-order valence-corrected chi connectivity index (χ1v) is 6.32. The van der Waals surface area contributed by atoms with Crippen LogP contribution in [0.2, 0.25) is 0 Å². The lowest BCUT2D eigenvalue weighted by Gasteiger charge is -2.22. The maximum atomic E-state index is 10.8. The van der Waals surface area contributed by atoms with Crippen molar-refractivity contribution in [2.24, 2.45) is 4.99 Å². The average molecular weight is 258 g/mol. The van der Waals surface area contributed by atoms with Gasteiger partial charge in [-0.25, -0.2) is 4.79 Å². The van der Waals surface area contributed by atoms with E-state index in [9.17, 15) is 4.79 Å². The van der Waals surface area contributed by atoms with E-state index in [0.29, 0.717) is 5.58 Å². The molecule has 1 aromatic heterocycles. The van der Waals surface area contributed by atoms with E-state index in [4.69, 9.17) is 9.15 Å². The second-order valence-corrected chi connectivity index (χ2v) is 4.78. The van der Waals surface area contributed by atoms with Crippen molar-refractivity contribution < 1.29 is 13.9 Å². The first-order chi connectivity index (χ1) is 9.29. The van der Waals surface area contributed by atoms with Gasteiger partial charge in [-0.1, -0.05) is 25.0 Å². The van der Waals surface area contributed by atoms with Crippen molar-refractivity contribution in [3.05, 3.63) is 23.8 Å². The molecule has 1 heterocycles. The molecule has 5 heteroatoms. The largest absolute Gasteiger partial charge is 0.453 e. The van der Waals surface area contributed by atoms with Gasteiger partial charge < -0.3 is 9.15 Å². The maximum Gasteiger partial charge on any atom is 0.394 e. The highest BCUT2D eigenvalue weighted by atomic mass is 16.6. The van der Waals surface area contributed by atoms with Crippen molar-refractivity contribution in [1.82, 2.24) is 4.98 Å². The molecular weight excluding hydrogens is 244 g/mol. The molecule has 0 saturated heterocycles. The van der Waals surface area contributed by atoms with E-state index in [-0.39, 0.29) is 6.08 Å². The minimum atomic E-state index is -0.497. The minimum Gasteiger partial charge on any atom is -0.453 e. The first kappa shape index (κ1) is 11.9. The molecule has 0 spiro atoms. The summed E-state index contributed by atoms with van der Waals surface area (Å²) in [5.74, 6) is 0. The third-order valence-electron chi connectivity index (χ3n) is 3.77. The van der Waals surface area contributed by atoms with Gasteiger partial charge in [0.1, 0.15) is 11.1 Å². The van der Waals surface area contributed by atoms with E-state index in [0.717, 1.165) is 36.8 Å². The van der Waals surface area contributed by atoms with Gasteiger partial charge in [0.2, 0.25) is 6.08 Å². The van der Waals surface area contributed by atoms with Gasteiger partial charge in [0.15, 0.2) is 5.58 Å². The number of carbonyl (C=O) groups excluding carboxylic acids is 1. The van der Waals surface area contributed by atoms with Crippen molar-refractivity contribution in [3.8, 4) is 6.08 Å². The van der Waals surface area contributed by atoms with Crippen molar-refractivity contribution in [2.75, 3.05) is 7.11 Å². The van der Waals surface area contributed by atoms with Crippen LogP contribution in [0, 0.1) is 0 Å². The molecule has 3 rings (SSSR count). The summed E-state index contributed by atoms with van der Waals surface area (Å²) in [5.41, 5.74) is 1.81. The molecule has 0 amide bonds. The van der Waals surface area contributed by atoms with Crippen LogP contribution in [0.25, 0.3) is 11.1 Å². The number of hydrogen-bond acceptors (Lipinski definition) is 5. The Labute approximate surface area is 110 Å². The first-order valence-electron chi connectivity index (χ1n) is 6.32. The van der Waals surface area contributed by atoms with Crippen LogP contribution in [0.15, 0.2) is 27.6 Å². The third kappa shape index (κ3) is 1.83. The molecule has 1 fully saturated rings. The molecule has 2 aromatic rings. The fraction of sp³-hybridized carbons (Fsp3) is 0.429. The summed E-state index contributed by atoms with van der Waals surface area (Å²) in [6.45, 7) is 0. The number of benzene rings is 1. The lowest BCUT2D eigenvalue weighted by molar-refractivity contribution is 0.299. The van der Waals surface area contributed by atoms with Crippen molar-refractivity contribution in [2.45, 2.75) is 31.2 Å². The fourth-order valence-electron chi connectivity index (χ4n) is 2.88. The maximum absolute atomic E-state index is 10.8. The Balaban J connectivity index is 2.23. The summed E-state index contributed by atoms with van der Waals surface area (Å²) in [4.78, 5) is 19.2. The van der Waals surface area contributed by atoms with Crippen LogP contribution >= 0.6 is 0 Å². The highest BCUT2D eigenvalue weighted by Gasteiger charge is 2.38. The number of rotatable bonds is 3. The van der Waals surface area contributed by atoms with Crippen LogP contribution in [-0.4, -0.2) is 18.2 Å². The van der Waals surface area contributed by atoms with Crippen LogP contribution in [0.3, 0.4) is 0 Å². The minimum absolute atomic E-state index is 0.227. The Hall–Kier alpha value is -2.13. The summed E-state index contributed by atoms with van der Waals surface area (Å²) in [7, 11) is 1.51. The van der Waals surface area contributed by atoms with Crippen molar-refractivity contribution in [3.63, 3.8) is 0 Å². The molecule has 1 aliphatic rings. The SMILES string of the molecule is COc1nc2c(C3(N=C=O)CCCC3)cccc2o1. The van der Waals surface area contributed by atoms with Gasteiger partial charge in [-0.05, 0) is 18.9 Å². The summed E-state index contributed by atoms with van der Waals surface area (Å²) in [6, 6.07) is 5.68. The normalized spacial score (nSPS) is 17.3. The number of para-hydroxylation sites is 1. The van der Waals surface area contributed by atoms with Gasteiger partial charge >= 0.3 is 6.08 Å². The average Bonchev–Trinajstić information content (AvgIpc) is 3.05. The second kappa shape index (κ2) is 4.52. The van der Waals surface area contributed by atoms with E-state index in [1.807, 2.05) is 18.2 Å². The highest BCUT2D eigenvalue weighted by Crippen LogP contribution is 2.44. The predicted molar refractivity (Wildman–Crippen MR) is 68.8 cm³/mol. The van der Waals surface area contributed by atoms with E-state index in [2.05, 4.69) is 9.98 Å². The molecule has 1 aliphatic carbocycles. The summed E-state index contributed by atoms with van der Waals surface area (Å²) in [6.07, 6.45) is 5.74. The zero-order valence-corrected chi connectivity index (χ0v) is 10.7. The Morgan fingerprint density at radius 1 is 1.42 bits per heavy atom. The van der Waals surface area contributed by atoms with Crippen molar-refractivity contribution >= 4 is 17.2 Å². The van der Waals surface area contributed by atoms with Crippen molar-refractivity contribution in [1.29, 1.82) is 0 Å². The molecular formula is C14H14N2O3. The molecule has 5 nitrogen and oxygen atoms in total. The topological polar surface area (TPSA) is 64.7 Å². The Bertz CT molecular complexity index is 650. The Kier molecular flexibility index (Phi) is 2.84. The van der Waals surface area contributed by atoms with E-state index < -0.39 is 5.54 Å². The smallest absolute Gasteiger partial charge is 0.394 e. The van der Waals surface area contributed by atoms with Crippen LogP contribution in [0.4, 0.5) is 0 Å². The molecule has 0 radical (unpaired) electrons. The lowest BCUT2D eigenvalue weighted by Crippen LogP contribution is -2.19. The van der Waals surface area contributed by atoms with Gasteiger partial charge in [-0.3, -0.25) is 0 Å². The quantitative estimate of drug-likeness (QED) is 0.627. The number of aromatic nitrogens is 1. The molecule has 19 heavy (non-hydrogen) atoms. The van der Waals surface area contributed by atoms with Crippen LogP contribution in [0.5, 0.6) is 6.08 Å². The standard InChI is InChI=1S/C14H14N2O3/c1-18-13-16-12-10(5-4-6-11(12)19-13)14(15-9-17)7-2-3-8-14/h4-6H,2-3,7-8H2,1H3. The zero-order valence-electron chi connectivity index (χ0n) is 10.7. The second-order valence-electron chi connectivity index (χ2n) is 4.78. The molecule has 1 aromatic carbocycles. The Morgan fingerprint density at radius 3 is 2.89 bits per heavy atom. The van der Waals surface area contributed by atoms with E-state index in [1.165, 1.54) is 7.11 Å². The van der Waals surface area contributed by atoms with Gasteiger partial charge in [0, 0.05) is 5.56 Å². The van der Waals surface area contributed by atoms with Gasteiger partial charge in [0.25, 0.3) is 0 Å². The molecule has 1 saturated carbocycles. The zero-order chi connectivity index (χ0) is 13.3. The summed E-state index contributed by atoms with van der Waals surface area (Å²) in [5, 5.41) is 0. The van der Waals surface area contributed by atoms with Crippen LogP contribution in [-0.2, 0) is 10.3 Å². The molecule has 0 atom stereocenters. The van der Waals surface area contributed by atoms with E-state index >= 15 is 0 Å². The number of ether oxygens (including phenoxy) is 1. The Morgan fingerprint density at radius 2 is 2.21 bits per heavy atom.